The van der Waals surface area contributed by atoms with Gasteiger partial charge in [0, 0.05) is 46.0 Å². The average Bonchev–Trinajstić information content (AvgIpc) is 3.05. The first-order valence-corrected chi connectivity index (χ1v) is 8.98. The summed E-state index contributed by atoms with van der Waals surface area (Å²) in [4.78, 5) is 11.3. The molecule has 0 saturated heterocycles. The molecule has 0 amide bonds. The third-order valence-corrected chi connectivity index (χ3v) is 4.63. The van der Waals surface area contributed by atoms with Crippen molar-refractivity contribution in [3.63, 3.8) is 0 Å². The molecule has 3 rings (SSSR count). The van der Waals surface area contributed by atoms with Gasteiger partial charge in [-0.1, -0.05) is 30.3 Å². The van der Waals surface area contributed by atoms with Crippen LogP contribution in [0.4, 0.5) is 0 Å². The molecule has 0 bridgehead atoms. The molecule has 5 nitrogen and oxygen atoms in total. The minimum absolute atomic E-state index is 0.799. The van der Waals surface area contributed by atoms with E-state index in [1.54, 1.807) is 0 Å². The Balaban J connectivity index is 1.58. The van der Waals surface area contributed by atoms with Crippen molar-refractivity contribution in [3.8, 4) is 0 Å². The lowest BCUT2D eigenvalue weighted by Crippen LogP contribution is -2.39. The first-order chi connectivity index (χ1) is 12.6. The van der Waals surface area contributed by atoms with Gasteiger partial charge in [-0.3, -0.25) is 4.99 Å². The number of benzene rings is 1. The highest BCUT2D eigenvalue weighted by Gasteiger charge is 2.09. The number of hydrogen-bond acceptors (Lipinski definition) is 2. The van der Waals surface area contributed by atoms with E-state index in [1.165, 1.54) is 16.7 Å². The lowest BCUT2D eigenvalue weighted by molar-refractivity contribution is 0.476. The highest BCUT2D eigenvalue weighted by molar-refractivity contribution is 5.79. The van der Waals surface area contributed by atoms with Gasteiger partial charge in [-0.15, -0.1) is 0 Å². The van der Waals surface area contributed by atoms with E-state index in [1.807, 2.05) is 13.2 Å². The van der Waals surface area contributed by atoms with Gasteiger partial charge < -0.3 is 14.6 Å². The minimum atomic E-state index is 0.799. The number of nitrogens with zero attached hydrogens (tertiary/aromatic N) is 4. The Hall–Kier alpha value is -2.82. The third kappa shape index (κ3) is 4.04. The summed E-state index contributed by atoms with van der Waals surface area (Å²) in [6, 6.07) is 12.6. The number of aliphatic imine (C=N–C) groups is 1. The summed E-state index contributed by atoms with van der Waals surface area (Å²) in [7, 11) is 3.89. The quantitative estimate of drug-likeness (QED) is 0.568. The van der Waals surface area contributed by atoms with E-state index in [0.29, 0.717) is 0 Å². The van der Waals surface area contributed by atoms with Crippen LogP contribution in [0.5, 0.6) is 0 Å². The maximum atomic E-state index is 4.73. The molecule has 0 aliphatic rings. The van der Waals surface area contributed by atoms with E-state index in [4.69, 9.17) is 4.98 Å². The van der Waals surface area contributed by atoms with Crippen LogP contribution in [0.3, 0.4) is 0 Å². The van der Waals surface area contributed by atoms with Gasteiger partial charge in [0.1, 0.15) is 5.65 Å². The third-order valence-electron chi connectivity index (χ3n) is 4.63. The number of rotatable bonds is 5. The number of fused-ring (bicyclic) bond motifs is 1. The number of guanidine groups is 1. The van der Waals surface area contributed by atoms with Crippen LogP contribution in [0.2, 0.25) is 0 Å². The van der Waals surface area contributed by atoms with Crippen molar-refractivity contribution in [2.75, 3.05) is 20.6 Å². The van der Waals surface area contributed by atoms with Crippen molar-refractivity contribution in [2.24, 2.45) is 4.99 Å². The van der Waals surface area contributed by atoms with E-state index < -0.39 is 0 Å². The van der Waals surface area contributed by atoms with Gasteiger partial charge in [-0.05, 0) is 36.6 Å². The van der Waals surface area contributed by atoms with Crippen LogP contribution in [0.25, 0.3) is 5.65 Å². The average molecular weight is 349 g/mol. The van der Waals surface area contributed by atoms with Gasteiger partial charge in [0.2, 0.25) is 0 Å². The molecule has 3 aromatic rings. The van der Waals surface area contributed by atoms with E-state index >= 15 is 0 Å². The van der Waals surface area contributed by atoms with Crippen LogP contribution in [-0.2, 0) is 13.0 Å². The van der Waals surface area contributed by atoms with Gasteiger partial charge >= 0.3 is 0 Å². The number of pyridine rings is 1. The van der Waals surface area contributed by atoms with Crippen LogP contribution in [0.15, 0.2) is 53.8 Å². The molecule has 0 aliphatic heterocycles. The van der Waals surface area contributed by atoms with E-state index in [0.717, 1.165) is 36.8 Å². The predicted octanol–water partition coefficient (Wildman–Crippen LogP) is 3.20. The highest BCUT2D eigenvalue weighted by Crippen LogP contribution is 2.11. The van der Waals surface area contributed by atoms with Crippen molar-refractivity contribution >= 4 is 11.6 Å². The molecule has 0 radical (unpaired) electrons. The van der Waals surface area contributed by atoms with Crippen molar-refractivity contribution < 1.29 is 0 Å². The van der Waals surface area contributed by atoms with Gasteiger partial charge in [-0.25, -0.2) is 4.98 Å². The molecule has 5 heteroatoms. The Morgan fingerprint density at radius 2 is 1.92 bits per heavy atom. The molecular formula is C21H27N5. The molecular weight excluding hydrogens is 322 g/mol. The van der Waals surface area contributed by atoms with E-state index in [9.17, 15) is 0 Å². The fraction of sp³-hybridized carbons (Fsp3) is 0.333. The van der Waals surface area contributed by atoms with Crippen LogP contribution in [0.1, 0.15) is 22.4 Å². The molecule has 26 heavy (non-hydrogen) atoms. The van der Waals surface area contributed by atoms with Gasteiger partial charge in [0.25, 0.3) is 0 Å². The van der Waals surface area contributed by atoms with Crippen LogP contribution in [-0.4, -0.2) is 40.9 Å². The van der Waals surface area contributed by atoms with Crippen LogP contribution < -0.4 is 5.32 Å². The van der Waals surface area contributed by atoms with Crippen molar-refractivity contribution in [1.29, 1.82) is 0 Å². The molecule has 2 heterocycles. The zero-order valence-electron chi connectivity index (χ0n) is 16.0. The smallest absolute Gasteiger partial charge is 0.193 e. The lowest BCUT2D eigenvalue weighted by atomic mass is 10.1. The van der Waals surface area contributed by atoms with Crippen LogP contribution in [0, 0.1) is 13.8 Å². The second-order valence-corrected chi connectivity index (χ2v) is 6.66. The Morgan fingerprint density at radius 3 is 2.65 bits per heavy atom. The summed E-state index contributed by atoms with van der Waals surface area (Å²) in [6.07, 6.45) is 5.00. The first kappa shape index (κ1) is 18.0. The molecule has 0 saturated carbocycles. The standard InChI is InChI=1S/C21H27N5/c1-16-8-5-6-10-18(16)14-25(4)21(22-3)23-12-11-19-15-26-13-7-9-17(2)20(26)24-19/h5-10,13,15H,11-12,14H2,1-4H3,(H,22,23). The van der Waals surface area contributed by atoms with E-state index in [2.05, 4.69) is 83.1 Å². The van der Waals surface area contributed by atoms with Gasteiger partial charge in [-0.2, -0.15) is 0 Å². The summed E-state index contributed by atoms with van der Waals surface area (Å²) in [5.41, 5.74) is 5.93. The highest BCUT2D eigenvalue weighted by atomic mass is 15.3. The summed E-state index contributed by atoms with van der Waals surface area (Å²) < 4.78 is 2.09. The Morgan fingerprint density at radius 1 is 1.15 bits per heavy atom. The number of aryl methyl sites for hydroxylation is 2. The van der Waals surface area contributed by atoms with Crippen molar-refractivity contribution in [2.45, 2.75) is 26.8 Å². The normalized spacial score (nSPS) is 11.8. The van der Waals surface area contributed by atoms with E-state index in [-0.39, 0.29) is 0 Å². The predicted molar refractivity (Wildman–Crippen MR) is 108 cm³/mol. The summed E-state index contributed by atoms with van der Waals surface area (Å²) in [5, 5.41) is 3.44. The monoisotopic (exact) mass is 349 g/mol. The Kier molecular flexibility index (Phi) is 5.56. The summed E-state index contributed by atoms with van der Waals surface area (Å²) in [6.45, 7) is 5.87. The molecule has 0 spiro atoms. The molecule has 0 atom stereocenters. The zero-order chi connectivity index (χ0) is 18.5. The fourth-order valence-corrected chi connectivity index (χ4v) is 3.13. The molecule has 2 aromatic heterocycles. The Bertz CT molecular complexity index is 910. The SMILES string of the molecule is CN=C(NCCc1cn2cccc(C)c2n1)N(C)Cc1ccccc1C. The van der Waals surface area contributed by atoms with Gasteiger partial charge in [0.05, 0.1) is 5.69 Å². The van der Waals surface area contributed by atoms with Crippen LogP contribution >= 0.6 is 0 Å². The molecule has 0 aliphatic carbocycles. The second kappa shape index (κ2) is 8.04. The van der Waals surface area contributed by atoms with Crippen molar-refractivity contribution in [1.82, 2.24) is 19.6 Å². The number of aromatic nitrogens is 2. The maximum Gasteiger partial charge on any atom is 0.193 e. The molecule has 1 N–H and O–H groups in total. The summed E-state index contributed by atoms with van der Waals surface area (Å²) >= 11 is 0. The minimum Gasteiger partial charge on any atom is -0.356 e. The van der Waals surface area contributed by atoms with Crippen molar-refractivity contribution in [3.05, 3.63) is 71.2 Å². The molecule has 1 aromatic carbocycles. The molecule has 0 unspecified atom stereocenters. The number of imidazole rings is 1. The summed E-state index contributed by atoms with van der Waals surface area (Å²) in [5.74, 6) is 0.896. The molecule has 136 valence electrons. The molecule has 0 fully saturated rings. The zero-order valence-corrected chi connectivity index (χ0v) is 16.0. The number of hydrogen-bond donors (Lipinski definition) is 1. The largest absolute Gasteiger partial charge is 0.356 e. The lowest BCUT2D eigenvalue weighted by Gasteiger charge is -2.22. The fourth-order valence-electron chi connectivity index (χ4n) is 3.13. The maximum absolute atomic E-state index is 4.73. The topological polar surface area (TPSA) is 44.9 Å². The first-order valence-electron chi connectivity index (χ1n) is 8.98. The van der Waals surface area contributed by atoms with Gasteiger partial charge in [0.15, 0.2) is 5.96 Å². The second-order valence-electron chi connectivity index (χ2n) is 6.66. The Labute approximate surface area is 155 Å². The number of nitrogens with one attached hydrogen (secondary N) is 1.